The van der Waals surface area contributed by atoms with Gasteiger partial charge in [0, 0.05) is 0 Å². The maximum absolute atomic E-state index is 12.2. The number of hydrogen-bond donors (Lipinski definition) is 2. The van der Waals surface area contributed by atoms with Crippen LogP contribution in [0.5, 0.6) is 5.75 Å². The predicted octanol–water partition coefficient (Wildman–Crippen LogP) is 2.74. The van der Waals surface area contributed by atoms with Crippen LogP contribution in [-0.2, 0) is 4.79 Å². The average molecular weight is 272 g/mol. The molecule has 3 N–H and O–H groups in total. The second-order valence-corrected chi connectivity index (χ2v) is 4.11. The van der Waals surface area contributed by atoms with Crippen molar-refractivity contribution in [2.24, 2.45) is 5.73 Å². The molecule has 0 unspecified atom stereocenters. The Kier molecular flexibility index (Phi) is 6.21. The SMILES string of the molecule is CCCC[C@H](N)C(=O)Nc1ccccc1OC(F)F. The molecule has 0 aliphatic carbocycles. The standard InChI is InChI=1S/C13H18F2N2O2/c1-2-3-6-9(16)12(18)17-10-7-4-5-8-11(10)19-13(14)15/h4-5,7-9,13H,2-3,6,16H2,1H3,(H,17,18)/t9-/m0/s1. The summed E-state index contributed by atoms with van der Waals surface area (Å²) in [4.78, 5) is 11.8. The van der Waals surface area contributed by atoms with Crippen LogP contribution in [0.2, 0.25) is 0 Å². The average Bonchev–Trinajstić information content (AvgIpc) is 2.37. The second kappa shape index (κ2) is 7.68. The zero-order chi connectivity index (χ0) is 14.3. The molecule has 19 heavy (non-hydrogen) atoms. The van der Waals surface area contributed by atoms with Crippen molar-refractivity contribution in [2.75, 3.05) is 5.32 Å². The molecule has 0 aliphatic heterocycles. The monoisotopic (exact) mass is 272 g/mol. The van der Waals surface area contributed by atoms with E-state index in [-0.39, 0.29) is 11.4 Å². The van der Waals surface area contributed by atoms with Crippen molar-refractivity contribution in [1.82, 2.24) is 0 Å². The maximum atomic E-state index is 12.2. The van der Waals surface area contributed by atoms with Crippen molar-refractivity contribution in [2.45, 2.75) is 38.8 Å². The van der Waals surface area contributed by atoms with Crippen molar-refractivity contribution in [3.63, 3.8) is 0 Å². The first-order valence-corrected chi connectivity index (χ1v) is 6.15. The van der Waals surface area contributed by atoms with Gasteiger partial charge >= 0.3 is 6.61 Å². The number of benzene rings is 1. The first-order valence-electron chi connectivity index (χ1n) is 6.15. The summed E-state index contributed by atoms with van der Waals surface area (Å²) in [6, 6.07) is 5.36. The van der Waals surface area contributed by atoms with Crippen molar-refractivity contribution in [3.05, 3.63) is 24.3 Å². The number of carbonyl (C=O) groups is 1. The third-order valence-electron chi connectivity index (χ3n) is 2.57. The first kappa shape index (κ1) is 15.4. The second-order valence-electron chi connectivity index (χ2n) is 4.11. The Balaban J connectivity index is 2.68. The van der Waals surface area contributed by atoms with Crippen LogP contribution in [0.3, 0.4) is 0 Å². The van der Waals surface area contributed by atoms with Gasteiger partial charge in [0.05, 0.1) is 11.7 Å². The Bertz CT molecular complexity index is 413. The minimum absolute atomic E-state index is 0.0754. The Morgan fingerprint density at radius 3 is 2.74 bits per heavy atom. The molecule has 1 atom stereocenters. The Labute approximate surface area is 110 Å². The van der Waals surface area contributed by atoms with Gasteiger partial charge in [-0.3, -0.25) is 4.79 Å². The molecule has 1 aromatic carbocycles. The normalized spacial score (nSPS) is 12.3. The van der Waals surface area contributed by atoms with Crippen LogP contribution < -0.4 is 15.8 Å². The lowest BCUT2D eigenvalue weighted by Crippen LogP contribution is -2.35. The zero-order valence-corrected chi connectivity index (χ0v) is 10.7. The van der Waals surface area contributed by atoms with Gasteiger partial charge in [-0.2, -0.15) is 8.78 Å². The molecule has 4 nitrogen and oxygen atoms in total. The molecule has 0 bridgehead atoms. The highest BCUT2D eigenvalue weighted by Gasteiger charge is 2.16. The molecule has 1 rings (SSSR count). The first-order chi connectivity index (χ1) is 9.04. The molecule has 0 saturated carbocycles. The number of alkyl halides is 2. The van der Waals surface area contributed by atoms with E-state index < -0.39 is 18.6 Å². The van der Waals surface area contributed by atoms with E-state index in [1.54, 1.807) is 12.1 Å². The van der Waals surface area contributed by atoms with Crippen molar-refractivity contribution in [3.8, 4) is 5.75 Å². The van der Waals surface area contributed by atoms with Gasteiger partial charge in [0.15, 0.2) is 0 Å². The molecular formula is C13H18F2N2O2. The highest BCUT2D eigenvalue weighted by atomic mass is 19.3. The molecule has 6 heteroatoms. The topological polar surface area (TPSA) is 64.4 Å². The van der Waals surface area contributed by atoms with Gasteiger partial charge in [-0.15, -0.1) is 0 Å². The van der Waals surface area contributed by atoms with Gasteiger partial charge in [0.2, 0.25) is 5.91 Å². The maximum Gasteiger partial charge on any atom is 0.387 e. The van der Waals surface area contributed by atoms with Gasteiger partial charge < -0.3 is 15.8 Å². The molecule has 0 spiro atoms. The third-order valence-corrected chi connectivity index (χ3v) is 2.57. The fraction of sp³-hybridized carbons (Fsp3) is 0.462. The van der Waals surface area contributed by atoms with Crippen LogP contribution in [0, 0.1) is 0 Å². The van der Waals surface area contributed by atoms with E-state index in [2.05, 4.69) is 10.1 Å². The highest BCUT2D eigenvalue weighted by Crippen LogP contribution is 2.25. The lowest BCUT2D eigenvalue weighted by atomic mass is 10.1. The Hall–Kier alpha value is -1.69. The van der Waals surface area contributed by atoms with Crippen molar-refractivity contribution in [1.29, 1.82) is 0 Å². The fourth-order valence-corrected chi connectivity index (χ4v) is 1.55. The minimum atomic E-state index is -2.94. The van der Waals surface area contributed by atoms with Crippen LogP contribution in [-0.4, -0.2) is 18.6 Å². The van der Waals surface area contributed by atoms with E-state index in [1.165, 1.54) is 12.1 Å². The summed E-state index contributed by atoms with van der Waals surface area (Å²) in [7, 11) is 0. The summed E-state index contributed by atoms with van der Waals surface area (Å²) in [5, 5.41) is 2.50. The number of carbonyl (C=O) groups excluding carboxylic acids is 1. The van der Waals surface area contributed by atoms with Crippen molar-refractivity contribution < 1.29 is 18.3 Å². The van der Waals surface area contributed by atoms with Crippen LogP contribution >= 0.6 is 0 Å². The van der Waals surface area contributed by atoms with E-state index in [1.807, 2.05) is 6.92 Å². The van der Waals surface area contributed by atoms with E-state index in [0.717, 1.165) is 12.8 Å². The largest absolute Gasteiger partial charge is 0.433 e. The Morgan fingerprint density at radius 2 is 2.11 bits per heavy atom. The number of nitrogens with one attached hydrogen (secondary N) is 1. The lowest BCUT2D eigenvalue weighted by Gasteiger charge is -2.14. The van der Waals surface area contributed by atoms with E-state index >= 15 is 0 Å². The molecule has 1 amide bonds. The van der Waals surface area contributed by atoms with Crippen LogP contribution in [0.15, 0.2) is 24.3 Å². The van der Waals surface area contributed by atoms with Gasteiger partial charge in [-0.05, 0) is 18.6 Å². The quantitative estimate of drug-likeness (QED) is 0.802. The molecular weight excluding hydrogens is 254 g/mol. The molecule has 0 aromatic heterocycles. The van der Waals surface area contributed by atoms with E-state index in [4.69, 9.17) is 5.73 Å². The molecule has 0 radical (unpaired) electrons. The number of anilines is 1. The summed E-state index contributed by atoms with van der Waals surface area (Å²) in [5.41, 5.74) is 5.90. The third kappa shape index (κ3) is 5.21. The number of para-hydroxylation sites is 2. The number of nitrogens with two attached hydrogens (primary N) is 1. The number of rotatable bonds is 7. The summed E-state index contributed by atoms with van der Waals surface area (Å²) in [5.74, 6) is -0.479. The molecule has 106 valence electrons. The zero-order valence-electron chi connectivity index (χ0n) is 10.7. The van der Waals surface area contributed by atoms with Crippen LogP contribution in [0.1, 0.15) is 26.2 Å². The number of halogens is 2. The van der Waals surface area contributed by atoms with Gasteiger partial charge in [0.25, 0.3) is 0 Å². The molecule has 0 aliphatic rings. The highest BCUT2D eigenvalue weighted by molar-refractivity contribution is 5.95. The molecule has 0 saturated heterocycles. The number of hydrogen-bond acceptors (Lipinski definition) is 3. The minimum Gasteiger partial charge on any atom is -0.433 e. The molecule has 0 heterocycles. The van der Waals surface area contributed by atoms with E-state index in [9.17, 15) is 13.6 Å². The van der Waals surface area contributed by atoms with Gasteiger partial charge in [-0.25, -0.2) is 0 Å². The Morgan fingerprint density at radius 1 is 1.42 bits per heavy atom. The van der Waals surface area contributed by atoms with Crippen LogP contribution in [0.25, 0.3) is 0 Å². The summed E-state index contributed by atoms with van der Waals surface area (Å²) < 4.78 is 28.7. The lowest BCUT2D eigenvalue weighted by molar-refractivity contribution is -0.117. The van der Waals surface area contributed by atoms with Gasteiger partial charge in [-0.1, -0.05) is 31.9 Å². The van der Waals surface area contributed by atoms with Gasteiger partial charge in [0.1, 0.15) is 5.75 Å². The summed E-state index contributed by atoms with van der Waals surface area (Å²) in [6.07, 6.45) is 2.33. The fourth-order valence-electron chi connectivity index (χ4n) is 1.55. The number of ether oxygens (including phenoxy) is 1. The molecule has 1 aromatic rings. The summed E-state index contributed by atoms with van der Waals surface area (Å²) >= 11 is 0. The molecule has 0 fully saturated rings. The number of unbranched alkanes of at least 4 members (excludes halogenated alkanes) is 1. The van der Waals surface area contributed by atoms with E-state index in [0.29, 0.717) is 6.42 Å². The number of amides is 1. The summed E-state index contributed by atoms with van der Waals surface area (Å²) in [6.45, 7) is -0.942. The smallest absolute Gasteiger partial charge is 0.387 e. The van der Waals surface area contributed by atoms with Crippen molar-refractivity contribution >= 4 is 11.6 Å². The predicted molar refractivity (Wildman–Crippen MR) is 69.2 cm³/mol. The van der Waals surface area contributed by atoms with Crippen LogP contribution in [0.4, 0.5) is 14.5 Å².